The van der Waals surface area contributed by atoms with Gasteiger partial charge in [0.15, 0.2) is 5.69 Å². The molecular weight excluding hydrogens is 491 g/mol. The van der Waals surface area contributed by atoms with Gasteiger partial charge in [0.1, 0.15) is 5.76 Å². The fraction of sp³-hybridized carbons (Fsp3) is 0.238. The Morgan fingerprint density at radius 3 is 2.59 bits per heavy atom. The third-order valence-corrected chi connectivity index (χ3v) is 7.57. The summed E-state index contributed by atoms with van der Waals surface area (Å²) in [6.07, 6.45) is 1.50. The van der Waals surface area contributed by atoms with Gasteiger partial charge in [0.25, 0.3) is 0 Å². The monoisotopic (exact) mass is 508 g/mol. The summed E-state index contributed by atoms with van der Waals surface area (Å²) in [5.74, 6) is -0.604. The molecule has 0 atom stereocenters. The molecule has 0 spiro atoms. The summed E-state index contributed by atoms with van der Waals surface area (Å²) in [5.41, 5.74) is 3.09. The van der Waals surface area contributed by atoms with E-state index in [-0.39, 0.29) is 5.69 Å². The SMILES string of the molecule is Cc1nn(-c2nc(-c3ccc(Cl)c(Cl)c3)c(SC(C)C)s2)c(C(=O)O)c1-c1cnoc1C. The number of hydrogen-bond donors (Lipinski definition) is 1. The third-order valence-electron chi connectivity index (χ3n) is 4.58. The number of aromatic carboxylic acids is 1. The van der Waals surface area contributed by atoms with Crippen LogP contribution in [0.15, 0.2) is 33.1 Å². The highest BCUT2D eigenvalue weighted by Gasteiger charge is 2.28. The molecule has 0 fully saturated rings. The van der Waals surface area contributed by atoms with Gasteiger partial charge in [0.05, 0.1) is 31.8 Å². The van der Waals surface area contributed by atoms with Crippen LogP contribution in [0.4, 0.5) is 0 Å². The number of halogens is 2. The number of thiazole rings is 1. The lowest BCUT2D eigenvalue weighted by atomic mass is 10.1. The highest BCUT2D eigenvalue weighted by atomic mass is 35.5. The van der Waals surface area contributed by atoms with Crippen LogP contribution in [0.3, 0.4) is 0 Å². The van der Waals surface area contributed by atoms with Crippen molar-refractivity contribution < 1.29 is 14.4 Å². The molecule has 4 rings (SSSR count). The molecule has 11 heteroatoms. The minimum absolute atomic E-state index is 0.00401. The minimum atomic E-state index is -1.12. The summed E-state index contributed by atoms with van der Waals surface area (Å²) in [5, 5.41) is 19.9. The standard InChI is InChI=1S/C21H18Cl2N4O3S2/c1-9(2)31-20-17(12-5-6-14(22)15(23)7-12)25-21(32-20)27-18(19(28)29)16(10(3)26-27)13-8-24-30-11(13)4/h5-9H,1-4H3,(H,28,29). The maximum Gasteiger partial charge on any atom is 0.355 e. The quantitative estimate of drug-likeness (QED) is 0.287. The van der Waals surface area contributed by atoms with Crippen molar-refractivity contribution in [1.29, 1.82) is 0 Å². The Balaban J connectivity index is 1.93. The largest absolute Gasteiger partial charge is 0.476 e. The van der Waals surface area contributed by atoms with Crippen molar-refractivity contribution in [2.75, 3.05) is 0 Å². The van der Waals surface area contributed by atoms with Gasteiger partial charge in [0.2, 0.25) is 5.13 Å². The van der Waals surface area contributed by atoms with Crippen molar-refractivity contribution in [3.05, 3.63) is 51.6 Å². The Morgan fingerprint density at radius 1 is 1.25 bits per heavy atom. The van der Waals surface area contributed by atoms with E-state index in [9.17, 15) is 9.90 Å². The van der Waals surface area contributed by atoms with E-state index in [4.69, 9.17) is 32.7 Å². The zero-order valence-electron chi connectivity index (χ0n) is 17.5. The van der Waals surface area contributed by atoms with Gasteiger partial charge in [-0.2, -0.15) is 9.78 Å². The first-order valence-electron chi connectivity index (χ1n) is 9.55. The average molecular weight is 509 g/mol. The number of nitrogens with zero attached hydrogens (tertiary/aromatic N) is 4. The molecule has 32 heavy (non-hydrogen) atoms. The van der Waals surface area contributed by atoms with E-state index in [2.05, 4.69) is 24.1 Å². The lowest BCUT2D eigenvalue weighted by Crippen LogP contribution is -2.09. The van der Waals surface area contributed by atoms with Gasteiger partial charge in [0, 0.05) is 21.9 Å². The molecule has 3 aromatic heterocycles. The summed E-state index contributed by atoms with van der Waals surface area (Å²) in [7, 11) is 0. The van der Waals surface area contributed by atoms with Crippen LogP contribution in [0.5, 0.6) is 0 Å². The van der Waals surface area contributed by atoms with Gasteiger partial charge < -0.3 is 9.63 Å². The number of aryl methyl sites for hydroxylation is 2. The molecular formula is C21H18Cl2N4O3S2. The van der Waals surface area contributed by atoms with E-state index in [1.807, 2.05) is 6.07 Å². The number of thioether (sulfide) groups is 1. The van der Waals surface area contributed by atoms with E-state index in [1.54, 1.807) is 37.7 Å². The van der Waals surface area contributed by atoms with E-state index in [1.165, 1.54) is 22.2 Å². The summed E-state index contributed by atoms with van der Waals surface area (Å²) in [6, 6.07) is 5.32. The Kier molecular flexibility index (Phi) is 6.35. The van der Waals surface area contributed by atoms with Crippen molar-refractivity contribution in [3.8, 4) is 27.5 Å². The molecule has 0 unspecified atom stereocenters. The number of benzene rings is 1. The van der Waals surface area contributed by atoms with Crippen molar-refractivity contribution in [3.63, 3.8) is 0 Å². The second-order valence-electron chi connectivity index (χ2n) is 7.25. The third kappa shape index (κ3) is 4.17. The molecule has 1 aromatic carbocycles. The molecule has 166 valence electrons. The molecule has 0 aliphatic carbocycles. The fourth-order valence-corrected chi connectivity index (χ4v) is 6.01. The Hall–Kier alpha value is -2.33. The van der Waals surface area contributed by atoms with E-state index in [0.29, 0.717) is 48.7 Å². The molecule has 0 amide bonds. The first kappa shape index (κ1) is 22.8. The van der Waals surface area contributed by atoms with Crippen LogP contribution >= 0.6 is 46.3 Å². The molecule has 0 saturated carbocycles. The zero-order chi connectivity index (χ0) is 23.2. The Morgan fingerprint density at radius 2 is 2.00 bits per heavy atom. The molecule has 0 bridgehead atoms. The van der Waals surface area contributed by atoms with Gasteiger partial charge in [-0.25, -0.2) is 9.78 Å². The number of carboxylic acid groups (broad SMARTS) is 1. The van der Waals surface area contributed by atoms with Crippen LogP contribution in [0.25, 0.3) is 27.5 Å². The second-order valence-corrected chi connectivity index (χ2v) is 10.9. The zero-order valence-corrected chi connectivity index (χ0v) is 20.7. The van der Waals surface area contributed by atoms with Crippen LogP contribution in [0.2, 0.25) is 10.0 Å². The molecule has 7 nitrogen and oxygen atoms in total. The first-order chi connectivity index (χ1) is 15.2. The van der Waals surface area contributed by atoms with Crippen LogP contribution in [-0.4, -0.2) is 36.2 Å². The number of aromatic nitrogens is 4. The Labute approximate surface area is 202 Å². The van der Waals surface area contributed by atoms with Crippen molar-refractivity contribution in [2.24, 2.45) is 0 Å². The van der Waals surface area contributed by atoms with Crippen LogP contribution < -0.4 is 0 Å². The number of carboxylic acids is 1. The summed E-state index contributed by atoms with van der Waals surface area (Å²) in [4.78, 5) is 17.1. The molecule has 0 aliphatic rings. The number of rotatable bonds is 6. The van der Waals surface area contributed by atoms with E-state index in [0.717, 1.165) is 9.77 Å². The number of carbonyl (C=O) groups is 1. The molecule has 0 aliphatic heterocycles. The second kappa shape index (κ2) is 8.90. The molecule has 4 aromatic rings. The van der Waals surface area contributed by atoms with Gasteiger partial charge in [-0.15, -0.1) is 11.8 Å². The molecule has 0 radical (unpaired) electrons. The maximum absolute atomic E-state index is 12.3. The average Bonchev–Trinajstić information content (AvgIpc) is 3.40. The summed E-state index contributed by atoms with van der Waals surface area (Å²) in [6.45, 7) is 7.64. The predicted octanol–water partition coefficient (Wildman–Crippen LogP) is 6.77. The van der Waals surface area contributed by atoms with Gasteiger partial charge in [-0.05, 0) is 26.0 Å². The van der Waals surface area contributed by atoms with Crippen molar-refractivity contribution in [2.45, 2.75) is 37.2 Å². The van der Waals surface area contributed by atoms with Gasteiger partial charge in [-0.1, -0.05) is 59.6 Å². The van der Waals surface area contributed by atoms with Crippen molar-refractivity contribution in [1.82, 2.24) is 19.9 Å². The highest BCUT2D eigenvalue weighted by molar-refractivity contribution is 8.01. The maximum atomic E-state index is 12.3. The highest BCUT2D eigenvalue weighted by Crippen LogP contribution is 2.42. The van der Waals surface area contributed by atoms with Gasteiger partial charge in [-0.3, -0.25) is 0 Å². The Bertz CT molecular complexity index is 1330. The van der Waals surface area contributed by atoms with Crippen LogP contribution in [0, 0.1) is 13.8 Å². The van der Waals surface area contributed by atoms with E-state index < -0.39 is 5.97 Å². The van der Waals surface area contributed by atoms with Crippen LogP contribution in [-0.2, 0) is 0 Å². The fourth-order valence-electron chi connectivity index (χ4n) is 3.23. The molecule has 0 saturated heterocycles. The lowest BCUT2D eigenvalue weighted by molar-refractivity contribution is 0.0688. The summed E-state index contributed by atoms with van der Waals surface area (Å²) >= 11 is 15.3. The molecule has 1 N–H and O–H groups in total. The molecule has 3 heterocycles. The van der Waals surface area contributed by atoms with Crippen LogP contribution in [0.1, 0.15) is 35.8 Å². The van der Waals surface area contributed by atoms with Crippen molar-refractivity contribution >= 4 is 52.3 Å². The van der Waals surface area contributed by atoms with E-state index >= 15 is 0 Å². The van der Waals surface area contributed by atoms with Gasteiger partial charge >= 0.3 is 5.97 Å². The number of hydrogen-bond acceptors (Lipinski definition) is 7. The first-order valence-corrected chi connectivity index (χ1v) is 12.0. The smallest absolute Gasteiger partial charge is 0.355 e. The lowest BCUT2D eigenvalue weighted by Gasteiger charge is -2.05. The predicted molar refractivity (Wildman–Crippen MR) is 128 cm³/mol. The normalized spacial score (nSPS) is 11.5. The summed E-state index contributed by atoms with van der Waals surface area (Å²) < 4.78 is 7.45. The minimum Gasteiger partial charge on any atom is -0.476 e. The topological polar surface area (TPSA) is 94.0 Å².